The van der Waals surface area contributed by atoms with Gasteiger partial charge in [0.15, 0.2) is 5.78 Å². The van der Waals surface area contributed by atoms with Crippen LogP contribution in [-0.2, 0) is 14.4 Å². The van der Waals surface area contributed by atoms with Gasteiger partial charge < -0.3 is 14.4 Å². The lowest BCUT2D eigenvalue weighted by Crippen LogP contribution is -2.48. The second-order valence-corrected chi connectivity index (χ2v) is 10.5. The molecule has 8 nitrogen and oxygen atoms in total. The minimum absolute atomic E-state index is 0.273. The van der Waals surface area contributed by atoms with Crippen LogP contribution in [0.5, 0.6) is 11.5 Å². The molecule has 0 aliphatic carbocycles. The first-order valence-electron chi connectivity index (χ1n) is 13.9. The summed E-state index contributed by atoms with van der Waals surface area (Å²) < 4.78 is 10.9. The van der Waals surface area contributed by atoms with Gasteiger partial charge in [-0.25, -0.2) is 4.90 Å². The number of nitrogens with zero attached hydrogens (tertiary/aromatic N) is 2. The summed E-state index contributed by atoms with van der Waals surface area (Å²) in [5.74, 6) is -2.05. The van der Waals surface area contributed by atoms with Crippen LogP contribution in [0.15, 0.2) is 78.9 Å². The van der Waals surface area contributed by atoms with Gasteiger partial charge in [-0.2, -0.15) is 0 Å². The fraction of sp³-hybridized carbons (Fsp3) is 0.273. The summed E-state index contributed by atoms with van der Waals surface area (Å²) in [6.45, 7) is 3.99. The molecule has 0 saturated carbocycles. The van der Waals surface area contributed by atoms with Gasteiger partial charge in [-0.15, -0.1) is 0 Å². The Balaban J connectivity index is 1.36. The predicted molar refractivity (Wildman–Crippen MR) is 154 cm³/mol. The highest BCUT2D eigenvalue weighted by Gasteiger charge is 2.64. The fourth-order valence-electron chi connectivity index (χ4n) is 6.12. The topological polar surface area (TPSA) is 93.2 Å². The van der Waals surface area contributed by atoms with Gasteiger partial charge in [0.05, 0.1) is 30.2 Å². The second kappa shape index (κ2) is 10.7. The Kier molecular flexibility index (Phi) is 6.91. The maximum Gasteiger partial charge on any atom is 0.308 e. The van der Waals surface area contributed by atoms with E-state index in [4.69, 9.17) is 9.47 Å². The second-order valence-electron chi connectivity index (χ2n) is 10.5. The summed E-state index contributed by atoms with van der Waals surface area (Å²) in [5.41, 5.74) is 2.55. The number of esters is 1. The monoisotopic (exact) mass is 550 g/mol. The van der Waals surface area contributed by atoms with Crippen molar-refractivity contribution in [3.8, 4) is 11.5 Å². The summed E-state index contributed by atoms with van der Waals surface area (Å²) >= 11 is 0. The van der Waals surface area contributed by atoms with E-state index in [2.05, 4.69) is 6.92 Å². The molecule has 2 fully saturated rings. The van der Waals surface area contributed by atoms with E-state index in [-0.39, 0.29) is 11.7 Å². The smallest absolute Gasteiger partial charge is 0.308 e. The molecule has 4 unspecified atom stereocenters. The first kappa shape index (κ1) is 26.5. The van der Waals surface area contributed by atoms with Gasteiger partial charge in [0, 0.05) is 18.2 Å². The molecule has 3 aliphatic rings. The standard InChI is InChI=1S/C33H30N2O6/c1-3-4-19-40-24-16-12-23(13-17-24)34-32(38)28-27-18-11-21-7-5-6-8-26(21)35(27)30(29(28)33(34)39)31(37)22-9-14-25(15-10-22)41-20(2)36/h5-18,27-30H,3-4,19H2,1-2H3. The lowest BCUT2D eigenvalue weighted by molar-refractivity contribution is -0.132. The molecule has 3 aromatic carbocycles. The number of para-hydroxylation sites is 1. The van der Waals surface area contributed by atoms with Crippen LogP contribution in [0, 0.1) is 11.8 Å². The van der Waals surface area contributed by atoms with E-state index in [0.29, 0.717) is 29.4 Å². The van der Waals surface area contributed by atoms with E-state index >= 15 is 0 Å². The molecule has 0 N–H and O–H groups in total. The molecular formula is C33H30N2O6. The Morgan fingerprint density at radius 1 is 0.854 bits per heavy atom. The number of Topliss-reactive ketones (excluding diaryl/α,β-unsaturated/α-hetero) is 1. The Hall–Kier alpha value is -4.72. The normalized spacial score (nSPS) is 22.3. The number of imide groups is 1. The third-order valence-electron chi connectivity index (χ3n) is 7.95. The summed E-state index contributed by atoms with van der Waals surface area (Å²) in [4.78, 5) is 56.7. The molecule has 2 saturated heterocycles. The number of benzene rings is 3. The van der Waals surface area contributed by atoms with Crippen LogP contribution in [0.3, 0.4) is 0 Å². The van der Waals surface area contributed by atoms with E-state index in [1.807, 2.05) is 41.3 Å². The molecule has 2 amide bonds. The fourth-order valence-corrected chi connectivity index (χ4v) is 6.12. The minimum Gasteiger partial charge on any atom is -0.494 e. The number of ketones is 1. The van der Waals surface area contributed by atoms with Gasteiger partial charge in [0.2, 0.25) is 11.8 Å². The zero-order valence-corrected chi connectivity index (χ0v) is 22.9. The Bertz CT molecular complexity index is 1540. The number of rotatable bonds is 8. The van der Waals surface area contributed by atoms with E-state index in [1.165, 1.54) is 11.8 Å². The van der Waals surface area contributed by atoms with Crippen LogP contribution < -0.4 is 19.3 Å². The molecular weight excluding hydrogens is 520 g/mol. The van der Waals surface area contributed by atoms with E-state index in [0.717, 1.165) is 24.1 Å². The maximum absolute atomic E-state index is 14.2. The van der Waals surface area contributed by atoms with Gasteiger partial charge in [0.1, 0.15) is 17.5 Å². The van der Waals surface area contributed by atoms with Crippen molar-refractivity contribution in [2.75, 3.05) is 16.4 Å². The minimum atomic E-state index is -0.895. The molecule has 0 bridgehead atoms. The van der Waals surface area contributed by atoms with Crippen molar-refractivity contribution in [1.82, 2.24) is 0 Å². The van der Waals surface area contributed by atoms with Gasteiger partial charge in [0.25, 0.3) is 0 Å². The average molecular weight is 551 g/mol. The van der Waals surface area contributed by atoms with Crippen molar-refractivity contribution in [3.05, 3.63) is 90.0 Å². The highest BCUT2D eigenvalue weighted by molar-refractivity contribution is 6.25. The molecule has 3 aliphatic heterocycles. The van der Waals surface area contributed by atoms with Gasteiger partial charge >= 0.3 is 5.97 Å². The summed E-state index contributed by atoms with van der Waals surface area (Å²) in [6.07, 6.45) is 5.84. The summed E-state index contributed by atoms with van der Waals surface area (Å²) in [7, 11) is 0. The number of carbonyl (C=O) groups excluding carboxylic acids is 4. The van der Waals surface area contributed by atoms with Crippen molar-refractivity contribution in [2.24, 2.45) is 11.8 Å². The zero-order valence-electron chi connectivity index (χ0n) is 22.9. The average Bonchev–Trinajstić information content (AvgIpc) is 3.46. The molecule has 41 heavy (non-hydrogen) atoms. The van der Waals surface area contributed by atoms with Crippen LogP contribution in [0.1, 0.15) is 42.6 Å². The van der Waals surface area contributed by atoms with Gasteiger partial charge in [-0.3, -0.25) is 19.2 Å². The molecule has 0 radical (unpaired) electrons. The van der Waals surface area contributed by atoms with E-state index in [9.17, 15) is 19.2 Å². The lowest BCUT2D eigenvalue weighted by Gasteiger charge is -2.36. The van der Waals surface area contributed by atoms with Crippen LogP contribution >= 0.6 is 0 Å². The largest absolute Gasteiger partial charge is 0.494 e. The van der Waals surface area contributed by atoms with E-state index in [1.54, 1.807) is 48.5 Å². The highest BCUT2D eigenvalue weighted by atomic mass is 16.5. The van der Waals surface area contributed by atoms with Crippen molar-refractivity contribution < 1.29 is 28.7 Å². The SMILES string of the molecule is CCCCOc1ccc(N2C(=O)C3C(C2=O)C(C(=O)c2ccc(OC(C)=O)cc2)N2c4ccccc4C=CC32)cc1. The number of carbonyl (C=O) groups is 4. The molecule has 6 rings (SSSR count). The van der Waals surface area contributed by atoms with Crippen molar-refractivity contribution in [1.29, 1.82) is 0 Å². The first-order valence-corrected chi connectivity index (χ1v) is 13.9. The Morgan fingerprint density at radius 3 is 2.24 bits per heavy atom. The first-order chi connectivity index (χ1) is 19.9. The Morgan fingerprint density at radius 2 is 1.54 bits per heavy atom. The molecule has 3 aromatic rings. The van der Waals surface area contributed by atoms with E-state index < -0.39 is 35.8 Å². The molecule has 0 spiro atoms. The van der Waals surface area contributed by atoms with Crippen LogP contribution in [-0.4, -0.2) is 42.3 Å². The molecule has 0 aromatic heterocycles. The zero-order chi connectivity index (χ0) is 28.7. The van der Waals surface area contributed by atoms with Crippen LogP contribution in [0.2, 0.25) is 0 Å². The van der Waals surface area contributed by atoms with Gasteiger partial charge in [-0.05, 0) is 66.6 Å². The number of hydrogen-bond acceptors (Lipinski definition) is 7. The van der Waals surface area contributed by atoms with Crippen molar-refractivity contribution in [3.63, 3.8) is 0 Å². The Labute approximate surface area is 238 Å². The van der Waals surface area contributed by atoms with Crippen molar-refractivity contribution in [2.45, 2.75) is 38.8 Å². The number of unbranched alkanes of at least 4 members (excludes halogenated alkanes) is 1. The van der Waals surface area contributed by atoms with Crippen LogP contribution in [0.4, 0.5) is 11.4 Å². The molecule has 8 heteroatoms. The number of ether oxygens (including phenoxy) is 2. The predicted octanol–water partition coefficient (Wildman–Crippen LogP) is 5.06. The molecule has 208 valence electrons. The van der Waals surface area contributed by atoms with Crippen molar-refractivity contribution >= 4 is 41.0 Å². The summed E-state index contributed by atoms with van der Waals surface area (Å²) in [5, 5.41) is 0. The quantitative estimate of drug-likeness (QED) is 0.127. The number of hydrogen-bond donors (Lipinski definition) is 0. The third-order valence-corrected chi connectivity index (χ3v) is 7.95. The highest BCUT2D eigenvalue weighted by Crippen LogP contribution is 2.50. The molecule has 3 heterocycles. The van der Waals surface area contributed by atoms with Gasteiger partial charge in [-0.1, -0.05) is 43.7 Å². The third kappa shape index (κ3) is 4.59. The lowest BCUT2D eigenvalue weighted by atomic mass is 9.86. The number of amides is 2. The number of anilines is 2. The number of fused-ring (bicyclic) bond motifs is 5. The molecule has 4 atom stereocenters. The van der Waals surface area contributed by atoms with Crippen LogP contribution in [0.25, 0.3) is 6.08 Å². The summed E-state index contributed by atoms with van der Waals surface area (Å²) in [6, 6.07) is 19.6. The maximum atomic E-state index is 14.2.